The Labute approximate surface area is 100.0 Å². The van der Waals surface area contributed by atoms with Crippen LogP contribution in [0.4, 0.5) is 4.39 Å². The molecule has 88 valence electrons. The summed E-state index contributed by atoms with van der Waals surface area (Å²) in [5.74, 6) is 0.337. The molecule has 0 amide bonds. The quantitative estimate of drug-likeness (QED) is 0.756. The maximum Gasteiger partial charge on any atom is 0.123 e. The standard InChI is InChI=1S/C12H15ClFNO/c13-7-12-9-15(5-6-16-12)8-10-1-3-11(14)4-2-10/h1-4,12H,5-9H2/t12-/m0/s1. The Morgan fingerprint density at radius 3 is 2.81 bits per heavy atom. The van der Waals surface area contributed by atoms with Crippen LogP contribution in [0.1, 0.15) is 5.56 Å². The van der Waals surface area contributed by atoms with E-state index in [4.69, 9.17) is 16.3 Å². The molecule has 1 heterocycles. The van der Waals surface area contributed by atoms with Crippen LogP contribution in [-0.2, 0) is 11.3 Å². The van der Waals surface area contributed by atoms with Gasteiger partial charge in [0, 0.05) is 25.5 Å². The predicted octanol–water partition coefficient (Wildman–Crippen LogP) is 2.27. The number of benzene rings is 1. The summed E-state index contributed by atoms with van der Waals surface area (Å²) in [4.78, 5) is 2.28. The highest BCUT2D eigenvalue weighted by Gasteiger charge is 2.19. The Balaban J connectivity index is 1.91. The van der Waals surface area contributed by atoms with E-state index in [1.807, 2.05) is 12.1 Å². The zero-order valence-electron chi connectivity index (χ0n) is 9.03. The summed E-state index contributed by atoms with van der Waals surface area (Å²) in [5.41, 5.74) is 1.12. The van der Waals surface area contributed by atoms with Crippen LogP contribution in [0.3, 0.4) is 0 Å². The number of hydrogen-bond donors (Lipinski definition) is 0. The molecule has 2 nitrogen and oxygen atoms in total. The van der Waals surface area contributed by atoms with Crippen molar-refractivity contribution in [1.82, 2.24) is 4.90 Å². The maximum absolute atomic E-state index is 12.7. The van der Waals surface area contributed by atoms with Gasteiger partial charge < -0.3 is 4.74 Å². The Hall–Kier alpha value is -0.640. The van der Waals surface area contributed by atoms with Gasteiger partial charge in [-0.1, -0.05) is 12.1 Å². The van der Waals surface area contributed by atoms with Crippen molar-refractivity contribution < 1.29 is 9.13 Å². The molecule has 1 aromatic rings. The summed E-state index contributed by atoms with van der Waals surface area (Å²) in [7, 11) is 0. The third kappa shape index (κ3) is 3.17. The van der Waals surface area contributed by atoms with Crippen molar-refractivity contribution in [2.24, 2.45) is 0 Å². The van der Waals surface area contributed by atoms with Gasteiger partial charge in [0.05, 0.1) is 12.7 Å². The van der Waals surface area contributed by atoms with Gasteiger partial charge in [0.2, 0.25) is 0 Å². The van der Waals surface area contributed by atoms with Gasteiger partial charge in [-0.15, -0.1) is 11.6 Å². The molecule has 0 bridgehead atoms. The molecule has 0 N–H and O–H groups in total. The van der Waals surface area contributed by atoms with Crippen LogP contribution < -0.4 is 0 Å². The average molecular weight is 244 g/mol. The molecule has 0 spiro atoms. The molecule has 1 atom stereocenters. The molecule has 0 radical (unpaired) electrons. The van der Waals surface area contributed by atoms with E-state index in [0.29, 0.717) is 5.88 Å². The fourth-order valence-electron chi connectivity index (χ4n) is 1.87. The van der Waals surface area contributed by atoms with E-state index in [1.54, 1.807) is 0 Å². The molecule has 2 rings (SSSR count). The molecular weight excluding hydrogens is 229 g/mol. The molecule has 16 heavy (non-hydrogen) atoms. The van der Waals surface area contributed by atoms with Gasteiger partial charge >= 0.3 is 0 Å². The normalized spacial score (nSPS) is 22.2. The van der Waals surface area contributed by atoms with Crippen LogP contribution in [0.5, 0.6) is 0 Å². The lowest BCUT2D eigenvalue weighted by atomic mass is 10.2. The minimum Gasteiger partial charge on any atom is -0.374 e. The van der Waals surface area contributed by atoms with Crippen molar-refractivity contribution in [3.05, 3.63) is 35.6 Å². The van der Waals surface area contributed by atoms with Gasteiger partial charge in [-0.25, -0.2) is 4.39 Å². The van der Waals surface area contributed by atoms with Crippen LogP contribution >= 0.6 is 11.6 Å². The molecule has 1 aliphatic heterocycles. The third-order valence-electron chi connectivity index (χ3n) is 2.71. The second-order valence-corrected chi connectivity index (χ2v) is 4.32. The van der Waals surface area contributed by atoms with Gasteiger partial charge in [-0.3, -0.25) is 4.90 Å². The largest absolute Gasteiger partial charge is 0.374 e. The van der Waals surface area contributed by atoms with Gasteiger partial charge in [0.1, 0.15) is 5.82 Å². The second kappa shape index (κ2) is 5.62. The van der Waals surface area contributed by atoms with Crippen LogP contribution in [0.25, 0.3) is 0 Å². The highest BCUT2D eigenvalue weighted by atomic mass is 35.5. The lowest BCUT2D eigenvalue weighted by Gasteiger charge is -2.31. The van der Waals surface area contributed by atoms with Crippen molar-refractivity contribution in [3.8, 4) is 0 Å². The maximum atomic E-state index is 12.7. The fourth-order valence-corrected chi connectivity index (χ4v) is 2.05. The number of nitrogens with zero attached hydrogens (tertiary/aromatic N) is 1. The van der Waals surface area contributed by atoms with Gasteiger partial charge in [0.15, 0.2) is 0 Å². The van der Waals surface area contributed by atoms with Crippen LogP contribution in [-0.4, -0.2) is 36.6 Å². The SMILES string of the molecule is Fc1ccc(CN2CCO[C@@H](CCl)C2)cc1. The van der Waals surface area contributed by atoms with Crippen LogP contribution in [0, 0.1) is 5.82 Å². The summed E-state index contributed by atoms with van der Waals surface area (Å²) in [6.07, 6.45) is 0.121. The van der Waals surface area contributed by atoms with Gasteiger partial charge in [0.25, 0.3) is 0 Å². The highest BCUT2D eigenvalue weighted by Crippen LogP contribution is 2.11. The van der Waals surface area contributed by atoms with Crippen LogP contribution in [0.15, 0.2) is 24.3 Å². The number of alkyl halides is 1. The third-order valence-corrected chi connectivity index (χ3v) is 3.06. The molecule has 0 saturated carbocycles. The van der Waals surface area contributed by atoms with E-state index in [9.17, 15) is 4.39 Å². The van der Waals surface area contributed by atoms with E-state index in [0.717, 1.165) is 31.8 Å². The zero-order chi connectivity index (χ0) is 11.4. The molecule has 1 saturated heterocycles. The molecule has 1 aromatic carbocycles. The molecule has 4 heteroatoms. The lowest BCUT2D eigenvalue weighted by Crippen LogP contribution is -2.42. The smallest absolute Gasteiger partial charge is 0.123 e. The summed E-state index contributed by atoms with van der Waals surface area (Å²) in [6.45, 7) is 3.31. The minimum atomic E-state index is -0.190. The Morgan fingerprint density at radius 2 is 2.12 bits per heavy atom. The summed E-state index contributed by atoms with van der Waals surface area (Å²) in [5, 5.41) is 0. The topological polar surface area (TPSA) is 12.5 Å². The molecule has 0 aromatic heterocycles. The van der Waals surface area contributed by atoms with Crippen molar-refractivity contribution >= 4 is 11.6 Å². The average Bonchev–Trinajstić information content (AvgIpc) is 2.32. The van der Waals surface area contributed by atoms with E-state index >= 15 is 0 Å². The number of hydrogen-bond acceptors (Lipinski definition) is 2. The summed E-state index contributed by atoms with van der Waals surface area (Å²) in [6, 6.07) is 6.63. The monoisotopic (exact) mass is 243 g/mol. The Bertz CT molecular complexity index is 330. The fraction of sp³-hybridized carbons (Fsp3) is 0.500. The summed E-state index contributed by atoms with van der Waals surface area (Å²) < 4.78 is 18.2. The zero-order valence-corrected chi connectivity index (χ0v) is 9.79. The molecule has 0 unspecified atom stereocenters. The van der Waals surface area contributed by atoms with E-state index in [-0.39, 0.29) is 11.9 Å². The van der Waals surface area contributed by atoms with Gasteiger partial charge in [-0.2, -0.15) is 0 Å². The number of ether oxygens (including phenoxy) is 1. The first-order valence-electron chi connectivity index (χ1n) is 5.42. The number of rotatable bonds is 3. The van der Waals surface area contributed by atoms with Gasteiger partial charge in [-0.05, 0) is 17.7 Å². The second-order valence-electron chi connectivity index (χ2n) is 4.01. The predicted molar refractivity (Wildman–Crippen MR) is 62.1 cm³/mol. The Kier molecular flexibility index (Phi) is 4.16. The number of morpholine rings is 1. The van der Waals surface area contributed by atoms with Crippen LogP contribution in [0.2, 0.25) is 0 Å². The molecular formula is C12H15ClFNO. The first kappa shape index (κ1) is 11.8. The lowest BCUT2D eigenvalue weighted by molar-refractivity contribution is -0.0194. The van der Waals surface area contributed by atoms with E-state index in [1.165, 1.54) is 12.1 Å². The van der Waals surface area contributed by atoms with Crippen molar-refractivity contribution in [3.63, 3.8) is 0 Å². The van der Waals surface area contributed by atoms with Crippen molar-refractivity contribution in [2.75, 3.05) is 25.6 Å². The molecule has 0 aliphatic carbocycles. The number of halogens is 2. The van der Waals surface area contributed by atoms with E-state index < -0.39 is 0 Å². The van der Waals surface area contributed by atoms with Crippen molar-refractivity contribution in [1.29, 1.82) is 0 Å². The van der Waals surface area contributed by atoms with E-state index in [2.05, 4.69) is 4.90 Å². The highest BCUT2D eigenvalue weighted by molar-refractivity contribution is 6.18. The minimum absolute atomic E-state index is 0.121. The molecule has 1 aliphatic rings. The first-order valence-corrected chi connectivity index (χ1v) is 5.96. The Morgan fingerprint density at radius 1 is 1.38 bits per heavy atom. The van der Waals surface area contributed by atoms with Crippen molar-refractivity contribution in [2.45, 2.75) is 12.6 Å². The first-order chi connectivity index (χ1) is 7.78. The summed E-state index contributed by atoms with van der Waals surface area (Å²) >= 11 is 5.77. The molecule has 1 fully saturated rings.